The van der Waals surface area contributed by atoms with Gasteiger partial charge in [0.05, 0.1) is 0 Å². The Hall–Kier alpha value is -1.56. The molecule has 0 atom stereocenters. The molecule has 0 aliphatic rings. The number of aryl methyl sites for hydroxylation is 1. The van der Waals surface area contributed by atoms with Gasteiger partial charge in [-0.25, -0.2) is 15.0 Å². The molecule has 2 aromatic heterocycles. The topological polar surface area (TPSA) is 55.6 Å². The molecule has 0 aliphatic carbocycles. The number of imidazole rings is 1. The van der Waals surface area contributed by atoms with Crippen molar-refractivity contribution in [1.82, 2.24) is 19.5 Å². The molecule has 2 heterocycles. The van der Waals surface area contributed by atoms with Gasteiger partial charge < -0.3 is 9.88 Å². The molecule has 0 radical (unpaired) electrons. The van der Waals surface area contributed by atoms with Crippen LogP contribution in [0.5, 0.6) is 0 Å². The van der Waals surface area contributed by atoms with Gasteiger partial charge in [0.15, 0.2) is 5.16 Å². The van der Waals surface area contributed by atoms with Gasteiger partial charge in [-0.1, -0.05) is 13.8 Å². The zero-order valence-corrected chi connectivity index (χ0v) is 13.5. The van der Waals surface area contributed by atoms with Crippen molar-refractivity contribution in [3.63, 3.8) is 0 Å². The van der Waals surface area contributed by atoms with Crippen LogP contribution in [0.1, 0.15) is 38.1 Å². The number of hydrogen-bond acceptors (Lipinski definition) is 5. The van der Waals surface area contributed by atoms with Crippen LogP contribution in [0.25, 0.3) is 0 Å². The lowest BCUT2D eigenvalue weighted by Crippen LogP contribution is -2.08. The molecule has 0 fully saturated rings. The molecule has 0 saturated heterocycles. The maximum Gasteiger partial charge on any atom is 0.174 e. The summed E-state index contributed by atoms with van der Waals surface area (Å²) in [6, 6.07) is 0. The van der Waals surface area contributed by atoms with Crippen LogP contribution < -0.4 is 5.32 Å². The molecule has 108 valence electrons. The molecule has 0 aromatic carbocycles. The van der Waals surface area contributed by atoms with E-state index < -0.39 is 0 Å². The molecule has 2 rings (SSSR count). The van der Waals surface area contributed by atoms with Crippen molar-refractivity contribution in [3.05, 3.63) is 23.8 Å². The van der Waals surface area contributed by atoms with Crippen molar-refractivity contribution in [2.45, 2.75) is 43.8 Å². The van der Waals surface area contributed by atoms with Crippen LogP contribution in [0.15, 0.2) is 22.6 Å². The Morgan fingerprint density at radius 2 is 2.10 bits per heavy atom. The standard InChI is InChI=1S/C14H21N5S/c1-6-15-12-10(4)13(18-11(17-12)9(2)3)20-14-16-7-8-19(14)5/h7-9H,6H2,1-5H3,(H,15,17,18). The first-order chi connectivity index (χ1) is 9.52. The van der Waals surface area contributed by atoms with E-state index in [1.54, 1.807) is 18.0 Å². The predicted octanol–water partition coefficient (Wildman–Crippen LogP) is 3.22. The van der Waals surface area contributed by atoms with E-state index in [0.29, 0.717) is 5.92 Å². The normalized spacial score (nSPS) is 11.1. The maximum absolute atomic E-state index is 4.69. The van der Waals surface area contributed by atoms with Crippen molar-refractivity contribution < 1.29 is 0 Å². The minimum Gasteiger partial charge on any atom is -0.370 e. The quantitative estimate of drug-likeness (QED) is 0.857. The zero-order valence-electron chi connectivity index (χ0n) is 12.6. The molecule has 20 heavy (non-hydrogen) atoms. The van der Waals surface area contributed by atoms with Crippen LogP contribution in [0.4, 0.5) is 5.82 Å². The van der Waals surface area contributed by atoms with Gasteiger partial charge in [0.25, 0.3) is 0 Å². The Bertz CT molecular complexity index is 591. The molecule has 2 aromatic rings. The third kappa shape index (κ3) is 3.12. The lowest BCUT2D eigenvalue weighted by Gasteiger charge is -2.14. The number of aromatic nitrogens is 4. The van der Waals surface area contributed by atoms with Gasteiger partial charge >= 0.3 is 0 Å². The Balaban J connectivity index is 2.42. The first kappa shape index (κ1) is 14.8. The number of hydrogen-bond donors (Lipinski definition) is 1. The van der Waals surface area contributed by atoms with Gasteiger partial charge in [-0.15, -0.1) is 0 Å². The highest BCUT2D eigenvalue weighted by molar-refractivity contribution is 7.99. The Morgan fingerprint density at radius 3 is 2.65 bits per heavy atom. The Labute approximate surface area is 124 Å². The molecule has 0 saturated carbocycles. The third-order valence-electron chi connectivity index (χ3n) is 2.94. The average Bonchev–Trinajstić information content (AvgIpc) is 2.79. The lowest BCUT2D eigenvalue weighted by molar-refractivity contribution is 0.744. The monoisotopic (exact) mass is 291 g/mol. The maximum atomic E-state index is 4.69. The van der Waals surface area contributed by atoms with E-state index in [1.165, 1.54) is 0 Å². The van der Waals surface area contributed by atoms with Gasteiger partial charge in [-0.2, -0.15) is 0 Å². The van der Waals surface area contributed by atoms with Crippen LogP contribution in [0.2, 0.25) is 0 Å². The molecule has 0 unspecified atom stereocenters. The van der Waals surface area contributed by atoms with Crippen LogP contribution in [0.3, 0.4) is 0 Å². The molecule has 1 N–H and O–H groups in total. The van der Waals surface area contributed by atoms with Crippen LogP contribution >= 0.6 is 11.8 Å². The van der Waals surface area contributed by atoms with Gasteiger partial charge in [-0.05, 0) is 25.6 Å². The van der Waals surface area contributed by atoms with Gasteiger partial charge in [0.1, 0.15) is 16.7 Å². The van der Waals surface area contributed by atoms with E-state index in [9.17, 15) is 0 Å². The minimum absolute atomic E-state index is 0.300. The van der Waals surface area contributed by atoms with Gasteiger partial charge in [0.2, 0.25) is 0 Å². The number of anilines is 1. The summed E-state index contributed by atoms with van der Waals surface area (Å²) in [5, 5.41) is 5.21. The summed E-state index contributed by atoms with van der Waals surface area (Å²) in [5.41, 5.74) is 1.07. The fraction of sp³-hybridized carbons (Fsp3) is 0.500. The zero-order chi connectivity index (χ0) is 14.7. The first-order valence-corrected chi connectivity index (χ1v) is 7.62. The third-order valence-corrected chi connectivity index (χ3v) is 4.11. The molecule has 5 nitrogen and oxygen atoms in total. The summed E-state index contributed by atoms with van der Waals surface area (Å²) in [7, 11) is 1.99. The van der Waals surface area contributed by atoms with E-state index in [0.717, 1.165) is 33.9 Å². The largest absolute Gasteiger partial charge is 0.370 e. The predicted molar refractivity (Wildman–Crippen MR) is 82.4 cm³/mol. The van der Waals surface area contributed by atoms with Crippen LogP contribution in [-0.2, 0) is 7.05 Å². The first-order valence-electron chi connectivity index (χ1n) is 6.80. The van der Waals surface area contributed by atoms with E-state index in [2.05, 4.69) is 41.0 Å². The smallest absolute Gasteiger partial charge is 0.174 e. The molecule has 0 amide bonds. The molecule has 6 heteroatoms. The number of nitrogens with zero attached hydrogens (tertiary/aromatic N) is 4. The summed E-state index contributed by atoms with van der Waals surface area (Å²) in [4.78, 5) is 13.6. The second-order valence-corrected chi connectivity index (χ2v) is 5.92. The second kappa shape index (κ2) is 6.26. The lowest BCUT2D eigenvalue weighted by atomic mass is 10.2. The van der Waals surface area contributed by atoms with E-state index in [-0.39, 0.29) is 0 Å². The number of rotatable bonds is 5. The highest BCUT2D eigenvalue weighted by atomic mass is 32.2. The van der Waals surface area contributed by atoms with Gasteiger partial charge in [0, 0.05) is 37.5 Å². The summed E-state index contributed by atoms with van der Waals surface area (Å²) in [6.45, 7) is 9.18. The highest BCUT2D eigenvalue weighted by Gasteiger charge is 2.15. The van der Waals surface area contributed by atoms with Crippen molar-refractivity contribution in [3.8, 4) is 0 Å². The van der Waals surface area contributed by atoms with E-state index in [4.69, 9.17) is 0 Å². The van der Waals surface area contributed by atoms with Gasteiger partial charge in [-0.3, -0.25) is 0 Å². The molecular formula is C14H21N5S. The molecular weight excluding hydrogens is 270 g/mol. The van der Waals surface area contributed by atoms with Crippen LogP contribution in [0, 0.1) is 6.92 Å². The van der Waals surface area contributed by atoms with Crippen molar-refractivity contribution in [2.24, 2.45) is 7.05 Å². The molecule has 0 aliphatic heterocycles. The summed E-state index contributed by atoms with van der Waals surface area (Å²) in [6.07, 6.45) is 3.74. The highest BCUT2D eigenvalue weighted by Crippen LogP contribution is 2.31. The Morgan fingerprint density at radius 1 is 1.35 bits per heavy atom. The van der Waals surface area contributed by atoms with E-state index >= 15 is 0 Å². The average molecular weight is 291 g/mol. The minimum atomic E-state index is 0.300. The second-order valence-electron chi connectivity index (χ2n) is 4.97. The van der Waals surface area contributed by atoms with Crippen LogP contribution in [-0.4, -0.2) is 26.1 Å². The molecule has 0 bridgehead atoms. The fourth-order valence-electron chi connectivity index (χ4n) is 1.75. The fourth-order valence-corrected chi connectivity index (χ4v) is 2.63. The SMILES string of the molecule is CCNc1nc(C(C)C)nc(Sc2nccn2C)c1C. The summed E-state index contributed by atoms with van der Waals surface area (Å²) in [5.74, 6) is 2.08. The molecule has 0 spiro atoms. The van der Waals surface area contributed by atoms with E-state index in [1.807, 2.05) is 24.7 Å². The summed E-state index contributed by atoms with van der Waals surface area (Å²) >= 11 is 1.58. The Kier molecular flexibility index (Phi) is 4.65. The van der Waals surface area contributed by atoms with Crippen molar-refractivity contribution in [1.29, 1.82) is 0 Å². The summed E-state index contributed by atoms with van der Waals surface area (Å²) < 4.78 is 1.99. The van der Waals surface area contributed by atoms with Crippen molar-refractivity contribution in [2.75, 3.05) is 11.9 Å². The number of nitrogens with one attached hydrogen (secondary N) is 1. The van der Waals surface area contributed by atoms with Crippen molar-refractivity contribution >= 4 is 17.6 Å².